The Morgan fingerprint density at radius 2 is 2.07 bits per heavy atom. The summed E-state index contributed by atoms with van der Waals surface area (Å²) in [6.07, 6.45) is 0.175. The summed E-state index contributed by atoms with van der Waals surface area (Å²) in [4.78, 5) is 0. The number of hydrogen-bond acceptors (Lipinski definition) is 2. The number of rotatable bonds is 4. The first-order valence-electron chi connectivity index (χ1n) is 4.68. The summed E-state index contributed by atoms with van der Waals surface area (Å²) < 4.78 is 5.22. The number of benzene rings is 1. The normalized spacial score (nSPS) is 14.9. The molecule has 2 atom stereocenters. The summed E-state index contributed by atoms with van der Waals surface area (Å²) in [5.74, 6) is 0. The Kier molecular flexibility index (Phi) is 4.23. The number of anilines is 1. The number of methoxy groups -OCH3 is 1. The molecule has 0 bridgehead atoms. The molecule has 0 aromatic heterocycles. The highest BCUT2D eigenvalue weighted by Crippen LogP contribution is 2.16. The van der Waals surface area contributed by atoms with Gasteiger partial charge in [0, 0.05) is 23.9 Å². The monoisotopic (exact) mass is 213 g/mol. The molecule has 1 rings (SSSR count). The molecule has 1 aromatic carbocycles. The zero-order valence-electron chi connectivity index (χ0n) is 8.75. The molecule has 1 N–H and O–H groups in total. The quantitative estimate of drug-likeness (QED) is 0.830. The van der Waals surface area contributed by atoms with Crippen LogP contribution < -0.4 is 5.32 Å². The van der Waals surface area contributed by atoms with Crippen LogP contribution in [0.2, 0.25) is 5.02 Å². The molecule has 0 heterocycles. The van der Waals surface area contributed by atoms with E-state index in [1.54, 1.807) is 7.11 Å². The molecule has 2 unspecified atom stereocenters. The van der Waals surface area contributed by atoms with Gasteiger partial charge in [0.05, 0.1) is 6.10 Å². The van der Waals surface area contributed by atoms with Gasteiger partial charge in [-0.2, -0.15) is 0 Å². The van der Waals surface area contributed by atoms with Crippen LogP contribution in [0, 0.1) is 0 Å². The Balaban J connectivity index is 2.60. The minimum atomic E-state index is 0.175. The van der Waals surface area contributed by atoms with Crippen molar-refractivity contribution in [3.63, 3.8) is 0 Å². The highest BCUT2D eigenvalue weighted by atomic mass is 35.5. The van der Waals surface area contributed by atoms with Gasteiger partial charge in [0.2, 0.25) is 0 Å². The smallest absolute Gasteiger partial charge is 0.0741 e. The fourth-order valence-corrected chi connectivity index (χ4v) is 1.35. The summed E-state index contributed by atoms with van der Waals surface area (Å²) in [6.45, 7) is 4.11. The van der Waals surface area contributed by atoms with Crippen LogP contribution in [0.1, 0.15) is 13.8 Å². The van der Waals surface area contributed by atoms with Crippen molar-refractivity contribution in [1.82, 2.24) is 0 Å². The Hall–Kier alpha value is -0.730. The SMILES string of the molecule is COC(C)C(C)Nc1cccc(Cl)c1. The first kappa shape index (κ1) is 11.3. The predicted octanol–water partition coefficient (Wildman–Crippen LogP) is 3.18. The zero-order chi connectivity index (χ0) is 10.6. The lowest BCUT2D eigenvalue weighted by Gasteiger charge is -2.21. The van der Waals surface area contributed by atoms with Crippen LogP contribution >= 0.6 is 11.6 Å². The number of halogens is 1. The van der Waals surface area contributed by atoms with Gasteiger partial charge in [-0.3, -0.25) is 0 Å². The van der Waals surface area contributed by atoms with Crippen molar-refractivity contribution < 1.29 is 4.74 Å². The highest BCUT2D eigenvalue weighted by Gasteiger charge is 2.10. The van der Waals surface area contributed by atoms with Gasteiger partial charge in [0.1, 0.15) is 0 Å². The largest absolute Gasteiger partial charge is 0.380 e. The van der Waals surface area contributed by atoms with E-state index in [9.17, 15) is 0 Å². The van der Waals surface area contributed by atoms with E-state index >= 15 is 0 Å². The van der Waals surface area contributed by atoms with E-state index in [2.05, 4.69) is 12.2 Å². The van der Waals surface area contributed by atoms with Crippen molar-refractivity contribution >= 4 is 17.3 Å². The highest BCUT2D eigenvalue weighted by molar-refractivity contribution is 6.30. The molecule has 0 amide bonds. The van der Waals surface area contributed by atoms with Gasteiger partial charge in [-0.05, 0) is 32.0 Å². The lowest BCUT2D eigenvalue weighted by molar-refractivity contribution is 0.106. The Morgan fingerprint density at radius 3 is 2.64 bits per heavy atom. The molecule has 0 aliphatic heterocycles. The average molecular weight is 214 g/mol. The molecular weight excluding hydrogens is 198 g/mol. The van der Waals surface area contributed by atoms with Crippen LogP contribution in [-0.2, 0) is 4.74 Å². The van der Waals surface area contributed by atoms with Crippen LogP contribution in [0.4, 0.5) is 5.69 Å². The summed E-state index contributed by atoms with van der Waals surface area (Å²) in [5, 5.41) is 4.07. The van der Waals surface area contributed by atoms with Crippen molar-refractivity contribution in [1.29, 1.82) is 0 Å². The third-order valence-corrected chi connectivity index (χ3v) is 2.53. The third kappa shape index (κ3) is 3.20. The number of ether oxygens (including phenoxy) is 1. The Bertz CT molecular complexity index is 290. The second-order valence-electron chi connectivity index (χ2n) is 3.38. The average Bonchev–Trinajstić information content (AvgIpc) is 2.16. The molecule has 0 fully saturated rings. The second kappa shape index (κ2) is 5.23. The number of nitrogens with one attached hydrogen (secondary N) is 1. The Morgan fingerprint density at radius 1 is 1.36 bits per heavy atom. The van der Waals surface area contributed by atoms with E-state index in [-0.39, 0.29) is 12.1 Å². The third-order valence-electron chi connectivity index (χ3n) is 2.29. The lowest BCUT2D eigenvalue weighted by atomic mass is 10.2. The maximum atomic E-state index is 5.87. The Labute approximate surface area is 90.2 Å². The number of hydrogen-bond donors (Lipinski definition) is 1. The molecule has 0 radical (unpaired) electrons. The zero-order valence-corrected chi connectivity index (χ0v) is 9.51. The summed E-state index contributed by atoms with van der Waals surface area (Å²) in [7, 11) is 1.71. The van der Waals surface area contributed by atoms with Gasteiger partial charge >= 0.3 is 0 Å². The second-order valence-corrected chi connectivity index (χ2v) is 3.82. The molecule has 0 saturated heterocycles. The van der Waals surface area contributed by atoms with Crippen LogP contribution in [0.25, 0.3) is 0 Å². The first-order chi connectivity index (χ1) is 6.63. The minimum Gasteiger partial charge on any atom is -0.380 e. The van der Waals surface area contributed by atoms with Crippen molar-refractivity contribution in [2.24, 2.45) is 0 Å². The van der Waals surface area contributed by atoms with Crippen LogP contribution in [0.15, 0.2) is 24.3 Å². The first-order valence-corrected chi connectivity index (χ1v) is 5.06. The molecular formula is C11H16ClNO. The van der Waals surface area contributed by atoms with Crippen molar-refractivity contribution in [3.8, 4) is 0 Å². The van der Waals surface area contributed by atoms with Gasteiger partial charge in [-0.25, -0.2) is 0 Å². The van der Waals surface area contributed by atoms with E-state index in [1.807, 2.05) is 31.2 Å². The topological polar surface area (TPSA) is 21.3 Å². The van der Waals surface area contributed by atoms with Crippen molar-refractivity contribution in [3.05, 3.63) is 29.3 Å². The molecule has 1 aromatic rings. The van der Waals surface area contributed by atoms with E-state index in [0.717, 1.165) is 10.7 Å². The fraction of sp³-hybridized carbons (Fsp3) is 0.455. The van der Waals surface area contributed by atoms with Gasteiger partial charge in [0.15, 0.2) is 0 Å². The van der Waals surface area contributed by atoms with Crippen LogP contribution in [-0.4, -0.2) is 19.3 Å². The molecule has 0 saturated carbocycles. The molecule has 2 nitrogen and oxygen atoms in total. The van der Waals surface area contributed by atoms with E-state index < -0.39 is 0 Å². The molecule has 0 aliphatic rings. The van der Waals surface area contributed by atoms with Gasteiger partial charge in [0.25, 0.3) is 0 Å². The minimum absolute atomic E-state index is 0.175. The fourth-order valence-electron chi connectivity index (χ4n) is 1.16. The van der Waals surface area contributed by atoms with Gasteiger partial charge < -0.3 is 10.1 Å². The molecule has 0 aliphatic carbocycles. The van der Waals surface area contributed by atoms with E-state index in [1.165, 1.54) is 0 Å². The predicted molar refractivity (Wildman–Crippen MR) is 61.0 cm³/mol. The van der Waals surface area contributed by atoms with Crippen LogP contribution in [0.5, 0.6) is 0 Å². The summed E-state index contributed by atoms with van der Waals surface area (Å²) >= 11 is 5.87. The van der Waals surface area contributed by atoms with E-state index in [0.29, 0.717) is 0 Å². The molecule has 78 valence electrons. The van der Waals surface area contributed by atoms with Crippen molar-refractivity contribution in [2.45, 2.75) is 26.0 Å². The summed E-state index contributed by atoms with van der Waals surface area (Å²) in [5.41, 5.74) is 1.02. The van der Waals surface area contributed by atoms with Crippen molar-refractivity contribution in [2.75, 3.05) is 12.4 Å². The maximum Gasteiger partial charge on any atom is 0.0741 e. The summed E-state index contributed by atoms with van der Waals surface area (Å²) in [6, 6.07) is 7.94. The standard InChI is InChI=1S/C11H16ClNO/c1-8(9(2)14-3)13-11-6-4-5-10(12)7-11/h4-9,13H,1-3H3. The van der Waals surface area contributed by atoms with Gasteiger partial charge in [-0.1, -0.05) is 17.7 Å². The molecule has 0 spiro atoms. The molecule has 14 heavy (non-hydrogen) atoms. The van der Waals surface area contributed by atoms with Crippen LogP contribution in [0.3, 0.4) is 0 Å². The lowest BCUT2D eigenvalue weighted by Crippen LogP contribution is -2.29. The van der Waals surface area contributed by atoms with Gasteiger partial charge in [-0.15, -0.1) is 0 Å². The molecule has 3 heteroatoms. The van der Waals surface area contributed by atoms with E-state index in [4.69, 9.17) is 16.3 Å². The maximum absolute atomic E-state index is 5.87.